The van der Waals surface area contributed by atoms with E-state index in [0.29, 0.717) is 41.9 Å². The van der Waals surface area contributed by atoms with Crippen molar-refractivity contribution in [3.8, 4) is 5.88 Å². The van der Waals surface area contributed by atoms with Crippen molar-refractivity contribution in [3.63, 3.8) is 0 Å². The fourth-order valence-electron chi connectivity index (χ4n) is 5.94. The Hall–Kier alpha value is -7.10. The van der Waals surface area contributed by atoms with E-state index in [1.165, 1.54) is 35.1 Å². The smallest absolute Gasteiger partial charge is 0.371 e. The highest BCUT2D eigenvalue weighted by atomic mass is 16.5. The SMILES string of the molecule is CN1C(=O)N(Cc2ccccc2)Cc2cc(C(=O)O)oc21.COc1cc(CNC(=O)c2cc3c(o2)CN(Cc2ccc(C(=O)O)cc2)C(=O)N3C)ccn1. The van der Waals surface area contributed by atoms with Crippen LogP contribution in [0.15, 0.2) is 93.9 Å². The van der Waals surface area contributed by atoms with Gasteiger partial charge in [-0.05, 0) is 41.0 Å². The predicted octanol–water partition coefficient (Wildman–Crippen LogP) is 5.43. The van der Waals surface area contributed by atoms with Crippen LogP contribution in [0.2, 0.25) is 0 Å². The summed E-state index contributed by atoms with van der Waals surface area (Å²) in [7, 11) is 4.71. The molecule has 0 unspecified atom stereocenters. The van der Waals surface area contributed by atoms with E-state index in [4.69, 9.17) is 23.8 Å². The maximum Gasteiger partial charge on any atom is 0.371 e. The summed E-state index contributed by atoms with van der Waals surface area (Å²) >= 11 is 0. The number of nitrogens with zero attached hydrogens (tertiary/aromatic N) is 5. The molecule has 16 heteroatoms. The Balaban J connectivity index is 0.000000203. The summed E-state index contributed by atoms with van der Waals surface area (Å²) in [6.07, 6.45) is 1.59. The predicted molar refractivity (Wildman–Crippen MR) is 192 cm³/mol. The summed E-state index contributed by atoms with van der Waals surface area (Å²) in [5.74, 6) is -1.35. The summed E-state index contributed by atoms with van der Waals surface area (Å²) in [4.78, 5) is 69.8. The lowest BCUT2D eigenvalue weighted by atomic mass is 10.1. The van der Waals surface area contributed by atoms with Gasteiger partial charge < -0.3 is 38.9 Å². The van der Waals surface area contributed by atoms with Gasteiger partial charge in [0, 0.05) is 57.6 Å². The minimum absolute atomic E-state index is 0.105. The zero-order valence-electron chi connectivity index (χ0n) is 29.5. The molecule has 0 atom stereocenters. The van der Waals surface area contributed by atoms with Gasteiger partial charge in [-0.3, -0.25) is 14.6 Å². The number of hydrogen-bond acceptors (Lipinski definition) is 9. The van der Waals surface area contributed by atoms with E-state index in [-0.39, 0.29) is 48.8 Å². The summed E-state index contributed by atoms with van der Waals surface area (Å²) in [5, 5.41) is 20.8. The summed E-state index contributed by atoms with van der Waals surface area (Å²) in [6, 6.07) is 22.0. The van der Waals surface area contributed by atoms with Crippen LogP contribution in [-0.4, -0.2) is 76.1 Å². The molecule has 2 aliphatic heterocycles. The molecule has 0 saturated heterocycles. The van der Waals surface area contributed by atoms with E-state index in [2.05, 4.69) is 10.3 Å². The van der Waals surface area contributed by atoms with Crippen molar-refractivity contribution in [2.75, 3.05) is 31.0 Å². The molecule has 0 bridgehead atoms. The average Bonchev–Trinajstić information content (AvgIpc) is 3.81. The molecule has 2 aromatic carbocycles. The van der Waals surface area contributed by atoms with Gasteiger partial charge >= 0.3 is 24.0 Å². The Bertz CT molecular complexity index is 2200. The van der Waals surface area contributed by atoms with Crippen LogP contribution < -0.4 is 19.9 Å². The number of urea groups is 2. The van der Waals surface area contributed by atoms with Gasteiger partial charge in [-0.15, -0.1) is 0 Å². The maximum absolute atomic E-state index is 12.8. The van der Waals surface area contributed by atoms with Crippen molar-refractivity contribution in [2.24, 2.45) is 0 Å². The normalized spacial score (nSPS) is 13.5. The zero-order valence-corrected chi connectivity index (χ0v) is 29.5. The largest absolute Gasteiger partial charge is 0.481 e. The number of aromatic carboxylic acids is 2. The number of nitrogens with one attached hydrogen (secondary N) is 1. The number of furan rings is 2. The van der Waals surface area contributed by atoms with Gasteiger partial charge in [0.2, 0.25) is 17.5 Å². The highest BCUT2D eigenvalue weighted by Gasteiger charge is 2.33. The van der Waals surface area contributed by atoms with E-state index in [1.807, 2.05) is 30.3 Å². The number of benzene rings is 2. The third-order valence-electron chi connectivity index (χ3n) is 8.74. The van der Waals surface area contributed by atoms with Crippen LogP contribution in [0, 0.1) is 0 Å². The van der Waals surface area contributed by atoms with Gasteiger partial charge in [0.15, 0.2) is 5.76 Å². The molecule has 278 valence electrons. The fraction of sp³-hybridized carbons (Fsp3) is 0.211. The fourth-order valence-corrected chi connectivity index (χ4v) is 5.94. The molecule has 5 heterocycles. The van der Waals surface area contributed by atoms with E-state index in [1.54, 1.807) is 60.4 Å². The monoisotopic (exact) mass is 736 g/mol. The van der Waals surface area contributed by atoms with Gasteiger partial charge in [-0.2, -0.15) is 0 Å². The molecule has 3 N–H and O–H groups in total. The van der Waals surface area contributed by atoms with Crippen LogP contribution in [-0.2, 0) is 32.7 Å². The second-order valence-electron chi connectivity index (χ2n) is 12.4. The Morgan fingerprint density at radius 3 is 2.11 bits per heavy atom. The Kier molecular flexibility index (Phi) is 10.6. The number of fused-ring (bicyclic) bond motifs is 2. The third kappa shape index (κ3) is 8.02. The maximum atomic E-state index is 12.8. The average molecular weight is 737 g/mol. The van der Waals surface area contributed by atoms with Crippen LogP contribution >= 0.6 is 0 Å². The number of carbonyl (C=O) groups excluding carboxylic acids is 3. The zero-order chi connectivity index (χ0) is 38.5. The number of rotatable bonds is 10. The number of anilines is 2. The number of methoxy groups -OCH3 is 1. The molecule has 3 aromatic heterocycles. The van der Waals surface area contributed by atoms with E-state index >= 15 is 0 Å². The second-order valence-corrected chi connectivity index (χ2v) is 12.4. The number of amides is 5. The summed E-state index contributed by atoms with van der Waals surface area (Å²) in [5.41, 5.74) is 4.03. The number of pyridine rings is 1. The molecule has 0 fully saturated rings. The minimum Gasteiger partial charge on any atom is -0.481 e. The van der Waals surface area contributed by atoms with Crippen molar-refractivity contribution < 1.29 is 47.8 Å². The van der Waals surface area contributed by atoms with E-state index in [9.17, 15) is 24.0 Å². The molecule has 16 nitrogen and oxygen atoms in total. The standard InChI is InChI=1S/C23H22N4O6.C15H14N2O4/c1-26-17-10-18(21(28)25-11-15-7-8-24-20(9-15)32-2)33-19(17)13-27(23(26)31)12-14-3-5-16(6-4-14)22(29)30;1-16-13-11(7-12(21-13)14(18)19)9-17(15(16)20)8-10-5-3-2-4-6-10/h3-10H,11-13H2,1-2H3,(H,25,28)(H,29,30);2-7H,8-9H2,1H3,(H,18,19). The summed E-state index contributed by atoms with van der Waals surface area (Å²) in [6.45, 7) is 1.53. The molecule has 0 spiro atoms. The molecular formula is C38H36N6O10. The Morgan fingerprint density at radius 1 is 0.778 bits per heavy atom. The summed E-state index contributed by atoms with van der Waals surface area (Å²) < 4.78 is 16.1. The number of carboxylic acids is 2. The molecule has 0 saturated carbocycles. The van der Waals surface area contributed by atoms with Gasteiger partial charge in [0.25, 0.3) is 5.91 Å². The molecule has 2 aliphatic rings. The lowest BCUT2D eigenvalue weighted by Gasteiger charge is -2.32. The topological polar surface area (TPSA) is 199 Å². The van der Waals surface area contributed by atoms with Crippen LogP contribution in [0.3, 0.4) is 0 Å². The van der Waals surface area contributed by atoms with Crippen LogP contribution in [0.4, 0.5) is 21.2 Å². The third-order valence-corrected chi connectivity index (χ3v) is 8.74. The van der Waals surface area contributed by atoms with Crippen molar-refractivity contribution >= 4 is 41.5 Å². The molecule has 7 rings (SSSR count). The molecule has 5 aromatic rings. The van der Waals surface area contributed by atoms with E-state index < -0.39 is 17.8 Å². The first-order valence-electron chi connectivity index (χ1n) is 16.6. The second kappa shape index (κ2) is 15.6. The number of aromatic nitrogens is 1. The van der Waals surface area contributed by atoms with E-state index in [0.717, 1.165) is 16.7 Å². The van der Waals surface area contributed by atoms with Gasteiger partial charge in [-0.25, -0.2) is 24.2 Å². The van der Waals surface area contributed by atoms with Gasteiger partial charge in [0.05, 0.1) is 31.5 Å². The van der Waals surface area contributed by atoms with Crippen LogP contribution in [0.25, 0.3) is 0 Å². The number of ether oxygens (including phenoxy) is 1. The van der Waals surface area contributed by atoms with Gasteiger partial charge in [-0.1, -0.05) is 42.5 Å². The quantitative estimate of drug-likeness (QED) is 0.165. The van der Waals surface area contributed by atoms with Crippen molar-refractivity contribution in [1.82, 2.24) is 20.1 Å². The van der Waals surface area contributed by atoms with Crippen molar-refractivity contribution in [2.45, 2.75) is 32.7 Å². The first-order valence-corrected chi connectivity index (χ1v) is 16.6. The molecule has 0 radical (unpaired) electrons. The number of carboxylic acid groups (broad SMARTS) is 2. The van der Waals surface area contributed by atoms with Crippen LogP contribution in [0.5, 0.6) is 5.88 Å². The molecule has 5 amide bonds. The Labute approximate surface area is 308 Å². The molecule has 54 heavy (non-hydrogen) atoms. The first-order chi connectivity index (χ1) is 25.9. The van der Waals surface area contributed by atoms with Crippen molar-refractivity contribution in [3.05, 3.63) is 130 Å². The minimum atomic E-state index is -1.14. The van der Waals surface area contributed by atoms with Crippen molar-refractivity contribution in [1.29, 1.82) is 0 Å². The number of carbonyl (C=O) groups is 5. The van der Waals surface area contributed by atoms with Crippen LogP contribution in [0.1, 0.15) is 59.5 Å². The molecular weight excluding hydrogens is 700 g/mol. The molecule has 0 aliphatic carbocycles. The first kappa shape index (κ1) is 36.7. The highest BCUT2D eigenvalue weighted by Crippen LogP contribution is 2.33. The Morgan fingerprint density at radius 2 is 1.44 bits per heavy atom. The lowest BCUT2D eigenvalue weighted by molar-refractivity contribution is 0.0660. The lowest BCUT2D eigenvalue weighted by Crippen LogP contribution is -2.44. The number of hydrogen-bond donors (Lipinski definition) is 3. The highest BCUT2D eigenvalue weighted by molar-refractivity contribution is 5.98. The van der Waals surface area contributed by atoms with Gasteiger partial charge in [0.1, 0.15) is 5.76 Å².